The highest BCUT2D eigenvalue weighted by Gasteiger charge is 2.27. The molecule has 2 aromatic carbocycles. The van der Waals surface area contributed by atoms with E-state index in [-0.39, 0.29) is 34.0 Å². The van der Waals surface area contributed by atoms with Gasteiger partial charge >= 0.3 is 11.7 Å². The zero-order valence-corrected chi connectivity index (χ0v) is 16.8. The second-order valence-corrected chi connectivity index (χ2v) is 7.35. The van der Waals surface area contributed by atoms with Gasteiger partial charge in [-0.05, 0) is 42.2 Å². The minimum atomic E-state index is -1.41. The van der Waals surface area contributed by atoms with Crippen molar-refractivity contribution in [3.8, 4) is 22.3 Å². The van der Waals surface area contributed by atoms with Gasteiger partial charge in [-0.2, -0.15) is 4.39 Å². The Morgan fingerprint density at radius 1 is 1.25 bits per heavy atom. The van der Waals surface area contributed by atoms with Crippen LogP contribution in [0.2, 0.25) is 0 Å². The number of hydrogen-bond acceptors (Lipinski definition) is 6. The predicted molar refractivity (Wildman–Crippen MR) is 114 cm³/mol. The van der Waals surface area contributed by atoms with Crippen LogP contribution in [-0.4, -0.2) is 33.4 Å². The first-order chi connectivity index (χ1) is 15.2. The third-order valence-electron chi connectivity index (χ3n) is 5.48. The van der Waals surface area contributed by atoms with Crippen LogP contribution < -0.4 is 11.1 Å². The van der Waals surface area contributed by atoms with Crippen LogP contribution in [0.3, 0.4) is 0 Å². The number of aromatic nitrogens is 1. The number of carbonyl (C=O) groups excluding carboxylic acids is 1. The van der Waals surface area contributed by atoms with E-state index in [0.29, 0.717) is 35.7 Å². The summed E-state index contributed by atoms with van der Waals surface area (Å²) in [5, 5.41) is 23.5. The average molecular weight is 436 g/mol. The Kier molecular flexibility index (Phi) is 5.05. The number of halogens is 1. The molecule has 0 radical (unpaired) electrons. The number of carbonyl (C=O) groups is 2. The van der Waals surface area contributed by atoms with Crippen LogP contribution in [-0.2, 0) is 6.42 Å². The van der Waals surface area contributed by atoms with Crippen molar-refractivity contribution in [2.75, 3.05) is 12.3 Å². The maximum atomic E-state index is 15.1. The van der Waals surface area contributed by atoms with Crippen molar-refractivity contribution < 1.29 is 24.0 Å². The van der Waals surface area contributed by atoms with Crippen LogP contribution in [0.25, 0.3) is 22.3 Å². The highest BCUT2D eigenvalue weighted by atomic mass is 19.1. The number of benzene rings is 2. The van der Waals surface area contributed by atoms with Gasteiger partial charge in [-0.1, -0.05) is 12.1 Å². The molecule has 162 valence electrons. The molecule has 10 heteroatoms. The first kappa shape index (κ1) is 20.9. The third kappa shape index (κ3) is 3.41. The Balaban J connectivity index is 1.92. The van der Waals surface area contributed by atoms with Gasteiger partial charge in [-0.15, -0.1) is 0 Å². The molecule has 0 unspecified atom stereocenters. The number of fused-ring (bicyclic) bond motifs is 1. The Hall–Kier alpha value is -4.34. The van der Waals surface area contributed by atoms with E-state index in [0.717, 1.165) is 5.56 Å². The minimum absolute atomic E-state index is 0.0280. The van der Waals surface area contributed by atoms with E-state index in [1.807, 2.05) is 0 Å². The molecule has 3 aromatic rings. The number of rotatable bonds is 4. The van der Waals surface area contributed by atoms with E-state index in [9.17, 15) is 24.8 Å². The number of nitrogens with two attached hydrogens (primary N) is 1. The molecule has 4 N–H and O–H groups in total. The van der Waals surface area contributed by atoms with Gasteiger partial charge in [0.05, 0.1) is 10.5 Å². The molecule has 2 heterocycles. The maximum absolute atomic E-state index is 15.1. The Labute approximate surface area is 180 Å². The fraction of sp³-hybridized carbons (Fsp3) is 0.136. The lowest BCUT2D eigenvalue weighted by atomic mass is 9.92. The molecule has 1 aliphatic rings. The molecular weight excluding hydrogens is 419 g/mol. The van der Waals surface area contributed by atoms with Crippen molar-refractivity contribution in [1.82, 2.24) is 10.3 Å². The highest BCUT2D eigenvalue weighted by Crippen LogP contribution is 2.37. The normalized spacial score (nSPS) is 12.8. The van der Waals surface area contributed by atoms with Gasteiger partial charge < -0.3 is 16.2 Å². The maximum Gasteiger partial charge on any atom is 0.336 e. The van der Waals surface area contributed by atoms with E-state index in [2.05, 4.69) is 10.3 Å². The molecule has 0 atom stereocenters. The summed E-state index contributed by atoms with van der Waals surface area (Å²) < 4.78 is 15.1. The molecule has 0 bridgehead atoms. The monoisotopic (exact) mass is 436 g/mol. The number of hydrogen-bond donors (Lipinski definition) is 3. The molecule has 1 amide bonds. The molecule has 0 saturated heterocycles. The molecule has 1 aromatic heterocycles. The molecule has 9 nitrogen and oxygen atoms in total. The van der Waals surface area contributed by atoms with Gasteiger partial charge in [-0.3, -0.25) is 14.9 Å². The number of pyridine rings is 1. The third-order valence-corrected chi connectivity index (χ3v) is 5.48. The molecule has 4 rings (SSSR count). The molecule has 0 saturated carbocycles. The van der Waals surface area contributed by atoms with Crippen molar-refractivity contribution >= 4 is 23.4 Å². The largest absolute Gasteiger partial charge is 0.478 e. The summed E-state index contributed by atoms with van der Waals surface area (Å²) in [6.45, 7) is 1.87. The van der Waals surface area contributed by atoms with Crippen LogP contribution in [0.5, 0.6) is 0 Å². The van der Waals surface area contributed by atoms with Crippen molar-refractivity contribution in [2.24, 2.45) is 0 Å². The number of nitrogens with zero attached hydrogens (tertiary/aromatic N) is 2. The summed E-state index contributed by atoms with van der Waals surface area (Å²) in [6.07, 6.45) is 1.87. The zero-order chi connectivity index (χ0) is 23.2. The van der Waals surface area contributed by atoms with Crippen LogP contribution in [0.4, 0.5) is 15.9 Å². The van der Waals surface area contributed by atoms with Gasteiger partial charge in [-0.25, -0.2) is 9.78 Å². The number of nitrogen functional groups attached to an aromatic ring is 1. The fourth-order valence-electron chi connectivity index (χ4n) is 3.87. The number of nitro benzene ring substituents is 1. The zero-order valence-electron chi connectivity index (χ0n) is 16.8. The fourth-order valence-corrected chi connectivity index (χ4v) is 3.87. The lowest BCUT2D eigenvalue weighted by Gasteiger charge is -2.18. The van der Waals surface area contributed by atoms with Crippen LogP contribution in [0.1, 0.15) is 31.8 Å². The lowest BCUT2D eigenvalue weighted by molar-refractivity contribution is -0.387. The average Bonchev–Trinajstić information content (AvgIpc) is 2.74. The number of carboxylic acid groups (broad SMARTS) is 1. The Bertz CT molecular complexity index is 1280. The van der Waals surface area contributed by atoms with Gasteiger partial charge in [0.1, 0.15) is 5.82 Å². The summed E-state index contributed by atoms with van der Waals surface area (Å²) in [6, 6.07) is 7.35. The lowest BCUT2D eigenvalue weighted by Crippen LogP contribution is -2.31. The van der Waals surface area contributed by atoms with Crippen LogP contribution in [0, 0.1) is 22.9 Å². The van der Waals surface area contributed by atoms with E-state index in [1.54, 1.807) is 18.2 Å². The van der Waals surface area contributed by atoms with Crippen LogP contribution >= 0.6 is 0 Å². The first-order valence-electron chi connectivity index (χ1n) is 9.57. The second-order valence-electron chi connectivity index (χ2n) is 7.35. The summed E-state index contributed by atoms with van der Waals surface area (Å²) in [5.74, 6) is -2.61. The topological polar surface area (TPSA) is 148 Å². The van der Waals surface area contributed by atoms with Crippen molar-refractivity contribution in [1.29, 1.82) is 0 Å². The molecular formula is C22H17FN4O5. The number of aromatic carboxylic acids is 1. The number of carboxylic acids is 1. The molecule has 0 aliphatic carbocycles. The second kappa shape index (κ2) is 7.73. The van der Waals surface area contributed by atoms with Crippen molar-refractivity contribution in [2.45, 2.75) is 13.3 Å². The van der Waals surface area contributed by atoms with Gasteiger partial charge in [0.25, 0.3) is 5.91 Å². The molecule has 0 spiro atoms. The summed E-state index contributed by atoms with van der Waals surface area (Å²) >= 11 is 0. The molecule has 32 heavy (non-hydrogen) atoms. The standard InChI is InChI=1S/C22H17FN4O5/c1-10-15(22(29)30)8-17(27(31)32)19(23)18(10)13-7-16(20(24)26-9-13)11-2-3-14-12(6-11)4-5-25-21(14)28/h2-3,6-9H,4-5H2,1H3,(H2,24,26)(H,25,28)(H,29,30). The molecule has 0 fully saturated rings. The number of nitrogens with one attached hydrogen (secondary N) is 1. The van der Waals surface area contributed by atoms with Crippen LogP contribution in [0.15, 0.2) is 36.5 Å². The number of amides is 1. The first-order valence-corrected chi connectivity index (χ1v) is 9.57. The van der Waals surface area contributed by atoms with Gasteiger partial charge in [0.2, 0.25) is 5.82 Å². The van der Waals surface area contributed by atoms with Crippen molar-refractivity contribution in [3.05, 3.63) is 74.7 Å². The molecule has 1 aliphatic heterocycles. The SMILES string of the molecule is Cc1c(C(=O)O)cc([N+](=O)[O-])c(F)c1-c1cnc(N)c(-c2ccc3c(c2)CCNC3=O)c1. The Morgan fingerprint density at radius 3 is 2.69 bits per heavy atom. The smallest absolute Gasteiger partial charge is 0.336 e. The highest BCUT2D eigenvalue weighted by molar-refractivity contribution is 5.98. The Morgan fingerprint density at radius 2 is 2.00 bits per heavy atom. The summed E-state index contributed by atoms with van der Waals surface area (Å²) in [7, 11) is 0. The van der Waals surface area contributed by atoms with E-state index in [1.165, 1.54) is 19.2 Å². The van der Waals surface area contributed by atoms with Gasteiger partial charge in [0, 0.05) is 41.1 Å². The minimum Gasteiger partial charge on any atom is -0.478 e. The van der Waals surface area contributed by atoms with E-state index < -0.39 is 22.4 Å². The van der Waals surface area contributed by atoms with Gasteiger partial charge in [0.15, 0.2) is 0 Å². The number of nitro groups is 1. The van der Waals surface area contributed by atoms with Crippen molar-refractivity contribution in [3.63, 3.8) is 0 Å². The quantitative estimate of drug-likeness (QED) is 0.419. The van der Waals surface area contributed by atoms with E-state index in [4.69, 9.17) is 5.73 Å². The van der Waals surface area contributed by atoms with E-state index >= 15 is 4.39 Å². The summed E-state index contributed by atoms with van der Waals surface area (Å²) in [4.78, 5) is 38.0. The predicted octanol–water partition coefficient (Wildman–Crippen LogP) is 3.34. The summed E-state index contributed by atoms with van der Waals surface area (Å²) in [5.41, 5.74) is 7.09. The number of anilines is 1.